The first-order chi connectivity index (χ1) is 6.37. The molecule has 1 saturated heterocycles. The zero-order valence-corrected chi connectivity index (χ0v) is 12.5. The van der Waals surface area contributed by atoms with E-state index in [-0.39, 0.29) is 69.7 Å². The SMILES string of the molecule is CC1CC(OC[B-](F)(F)F)CC(C)O1.[K+]. The van der Waals surface area contributed by atoms with Gasteiger partial charge in [0.1, 0.15) is 0 Å². The van der Waals surface area contributed by atoms with Crippen LogP contribution >= 0.6 is 0 Å². The normalized spacial score (nSPS) is 32.2. The first kappa shape index (κ1) is 16.4. The molecule has 1 aliphatic heterocycles. The van der Waals surface area contributed by atoms with Crippen molar-refractivity contribution >= 4 is 6.98 Å². The molecule has 15 heavy (non-hydrogen) atoms. The Labute approximate surface area is 131 Å². The van der Waals surface area contributed by atoms with Crippen LogP contribution in [0.5, 0.6) is 0 Å². The van der Waals surface area contributed by atoms with Crippen molar-refractivity contribution in [1.29, 1.82) is 0 Å². The van der Waals surface area contributed by atoms with Crippen molar-refractivity contribution in [2.75, 3.05) is 6.51 Å². The first-order valence-electron chi connectivity index (χ1n) is 4.85. The third-order valence-electron chi connectivity index (χ3n) is 2.18. The van der Waals surface area contributed by atoms with Crippen molar-refractivity contribution in [3.05, 3.63) is 0 Å². The largest absolute Gasteiger partial charge is 1.00 e. The van der Waals surface area contributed by atoms with Crippen LogP contribution in [-0.2, 0) is 9.47 Å². The van der Waals surface area contributed by atoms with E-state index >= 15 is 0 Å². The van der Waals surface area contributed by atoms with Gasteiger partial charge in [-0.3, -0.25) is 0 Å². The van der Waals surface area contributed by atoms with Crippen molar-refractivity contribution in [2.24, 2.45) is 0 Å². The molecule has 2 atom stereocenters. The van der Waals surface area contributed by atoms with E-state index < -0.39 is 13.5 Å². The standard InChI is InChI=1S/C8H15BF3O2.K/c1-6-3-8(4-7(2)14-6)13-5-9(10,11)12;/h6-8H,3-5H2,1-2H3;/q-1;+1. The monoisotopic (exact) mass is 250 g/mol. The Morgan fingerprint density at radius 2 is 1.67 bits per heavy atom. The van der Waals surface area contributed by atoms with Gasteiger partial charge in [0.15, 0.2) is 0 Å². The van der Waals surface area contributed by atoms with Crippen LogP contribution in [0.1, 0.15) is 26.7 Å². The Morgan fingerprint density at radius 3 is 2.07 bits per heavy atom. The van der Waals surface area contributed by atoms with E-state index in [1.165, 1.54) is 0 Å². The molecule has 2 unspecified atom stereocenters. The fraction of sp³-hybridized carbons (Fsp3) is 1.00. The van der Waals surface area contributed by atoms with Gasteiger partial charge >= 0.3 is 58.4 Å². The summed E-state index contributed by atoms with van der Waals surface area (Å²) in [6, 6.07) is 0. The van der Waals surface area contributed by atoms with Crippen LogP contribution in [0, 0.1) is 0 Å². The number of halogens is 3. The molecule has 84 valence electrons. The fourth-order valence-corrected chi connectivity index (χ4v) is 1.73. The molecule has 0 aromatic heterocycles. The van der Waals surface area contributed by atoms with Crippen LogP contribution in [0.4, 0.5) is 12.9 Å². The molecule has 0 N–H and O–H groups in total. The van der Waals surface area contributed by atoms with Crippen LogP contribution in [0.15, 0.2) is 0 Å². The summed E-state index contributed by atoms with van der Waals surface area (Å²) in [5, 5.41) is 0. The van der Waals surface area contributed by atoms with Crippen molar-refractivity contribution in [3.8, 4) is 0 Å². The maximum Gasteiger partial charge on any atom is 1.00 e. The minimum atomic E-state index is -4.82. The van der Waals surface area contributed by atoms with Gasteiger partial charge in [0.25, 0.3) is 0 Å². The van der Waals surface area contributed by atoms with Crippen LogP contribution in [0.2, 0.25) is 0 Å². The van der Waals surface area contributed by atoms with Crippen molar-refractivity contribution in [2.45, 2.75) is 45.0 Å². The van der Waals surface area contributed by atoms with Crippen LogP contribution in [0.3, 0.4) is 0 Å². The maximum absolute atomic E-state index is 11.9. The second-order valence-corrected chi connectivity index (χ2v) is 3.89. The summed E-state index contributed by atoms with van der Waals surface area (Å²) in [5.74, 6) is 0. The van der Waals surface area contributed by atoms with E-state index in [1.54, 1.807) is 0 Å². The topological polar surface area (TPSA) is 18.5 Å². The van der Waals surface area contributed by atoms with Gasteiger partial charge in [0.2, 0.25) is 0 Å². The van der Waals surface area contributed by atoms with Crippen LogP contribution < -0.4 is 51.4 Å². The fourth-order valence-electron chi connectivity index (χ4n) is 1.73. The van der Waals surface area contributed by atoms with Gasteiger partial charge in [0.05, 0.1) is 18.3 Å². The molecule has 1 heterocycles. The minimum Gasteiger partial charge on any atom is -0.447 e. The van der Waals surface area contributed by atoms with Crippen molar-refractivity contribution < 1.29 is 73.8 Å². The summed E-state index contributed by atoms with van der Waals surface area (Å²) in [5.41, 5.74) is 0. The Kier molecular flexibility index (Phi) is 7.64. The summed E-state index contributed by atoms with van der Waals surface area (Å²) in [6.07, 6.45) is 0.777. The second kappa shape index (κ2) is 6.98. The predicted octanol–water partition coefficient (Wildman–Crippen LogP) is -0.650. The smallest absolute Gasteiger partial charge is 0.447 e. The number of hydrogen-bond acceptors (Lipinski definition) is 2. The van der Waals surface area contributed by atoms with E-state index in [0.29, 0.717) is 12.8 Å². The minimum absolute atomic E-state index is 0. The van der Waals surface area contributed by atoms with Gasteiger partial charge in [0, 0.05) is 6.51 Å². The number of ether oxygens (including phenoxy) is 2. The molecule has 1 fully saturated rings. The van der Waals surface area contributed by atoms with E-state index in [4.69, 9.17) is 9.47 Å². The average Bonchev–Trinajstić information content (AvgIpc) is 1.97. The molecule has 0 spiro atoms. The Hall–Kier alpha value is 1.41. The molecule has 0 amide bonds. The number of rotatable bonds is 3. The summed E-state index contributed by atoms with van der Waals surface area (Å²) in [6.45, 7) is -2.21. The molecule has 0 bridgehead atoms. The molecule has 0 aromatic carbocycles. The van der Waals surface area contributed by atoms with Gasteiger partial charge in [-0.2, -0.15) is 0 Å². The average molecular weight is 250 g/mol. The molecule has 0 radical (unpaired) electrons. The summed E-state index contributed by atoms with van der Waals surface area (Å²) in [7, 11) is 0. The zero-order chi connectivity index (χ0) is 10.8. The van der Waals surface area contributed by atoms with Crippen LogP contribution in [0.25, 0.3) is 0 Å². The Bertz CT molecular complexity index is 181. The van der Waals surface area contributed by atoms with E-state index in [9.17, 15) is 12.9 Å². The zero-order valence-electron chi connectivity index (χ0n) is 9.38. The third-order valence-corrected chi connectivity index (χ3v) is 2.18. The second-order valence-electron chi connectivity index (χ2n) is 3.89. The molecular weight excluding hydrogens is 235 g/mol. The quantitative estimate of drug-likeness (QED) is 0.620. The number of hydrogen-bond donors (Lipinski definition) is 0. The first-order valence-corrected chi connectivity index (χ1v) is 4.85. The van der Waals surface area contributed by atoms with E-state index in [2.05, 4.69) is 0 Å². The van der Waals surface area contributed by atoms with Gasteiger partial charge < -0.3 is 22.4 Å². The third kappa shape index (κ3) is 7.36. The molecule has 0 aliphatic carbocycles. The summed E-state index contributed by atoms with van der Waals surface area (Å²) in [4.78, 5) is 0. The van der Waals surface area contributed by atoms with Crippen molar-refractivity contribution in [1.82, 2.24) is 0 Å². The van der Waals surface area contributed by atoms with E-state index in [1.807, 2.05) is 13.8 Å². The molecule has 1 rings (SSSR count). The Morgan fingerprint density at radius 1 is 1.20 bits per heavy atom. The summed E-state index contributed by atoms with van der Waals surface area (Å²) < 4.78 is 45.9. The Balaban J connectivity index is 0.00000196. The molecule has 2 nitrogen and oxygen atoms in total. The predicted molar refractivity (Wildman–Crippen MR) is 48.1 cm³/mol. The molecular formula is C8H15BF3KO2. The molecule has 0 saturated carbocycles. The molecule has 1 aliphatic rings. The van der Waals surface area contributed by atoms with Gasteiger partial charge in [-0.05, 0) is 26.7 Å². The molecule has 0 aromatic rings. The molecule has 7 heteroatoms. The van der Waals surface area contributed by atoms with Gasteiger partial charge in [-0.15, -0.1) is 0 Å². The van der Waals surface area contributed by atoms with Crippen LogP contribution in [-0.4, -0.2) is 31.8 Å². The van der Waals surface area contributed by atoms with Gasteiger partial charge in [-0.1, -0.05) is 0 Å². The maximum atomic E-state index is 11.9. The van der Waals surface area contributed by atoms with Gasteiger partial charge in [-0.25, -0.2) is 0 Å². The van der Waals surface area contributed by atoms with E-state index in [0.717, 1.165) is 0 Å². The summed E-state index contributed by atoms with van der Waals surface area (Å²) >= 11 is 0. The van der Waals surface area contributed by atoms with Crippen molar-refractivity contribution in [3.63, 3.8) is 0 Å².